The lowest BCUT2D eigenvalue weighted by molar-refractivity contribution is -0.139. The zero-order valence-corrected chi connectivity index (χ0v) is 20.8. The van der Waals surface area contributed by atoms with Crippen LogP contribution in [0.15, 0.2) is 59.4 Å². The van der Waals surface area contributed by atoms with Gasteiger partial charge in [0, 0.05) is 11.6 Å². The number of carbonyl (C=O) groups excluding carboxylic acids is 1. The Bertz CT molecular complexity index is 1420. The molecule has 2 heterocycles. The number of benzene rings is 2. The second kappa shape index (κ2) is 10.4. The quantitative estimate of drug-likeness (QED) is 0.332. The van der Waals surface area contributed by atoms with E-state index in [1.54, 1.807) is 42.9 Å². The SMILES string of the molecule is COc1ccc([C@H](NC(=O)c2ccc3c(c2)nc(-c2ccoc2)n3C2CCCCC2)C(=O)O)cc1OC. The second-order valence-corrected chi connectivity index (χ2v) is 9.17. The first-order valence-corrected chi connectivity index (χ1v) is 12.3. The van der Waals surface area contributed by atoms with Gasteiger partial charge >= 0.3 is 5.97 Å². The molecule has 2 aromatic heterocycles. The Hall–Kier alpha value is -4.27. The summed E-state index contributed by atoms with van der Waals surface area (Å²) in [4.78, 5) is 30.1. The molecule has 0 bridgehead atoms. The van der Waals surface area contributed by atoms with E-state index in [1.807, 2.05) is 12.1 Å². The predicted octanol–water partition coefficient (Wildman–Crippen LogP) is 5.37. The highest BCUT2D eigenvalue weighted by Gasteiger charge is 2.26. The van der Waals surface area contributed by atoms with Crippen LogP contribution >= 0.6 is 0 Å². The molecular weight excluding hydrogens is 474 g/mol. The topological polar surface area (TPSA) is 116 Å². The van der Waals surface area contributed by atoms with Gasteiger partial charge in [0.2, 0.25) is 0 Å². The van der Waals surface area contributed by atoms with Crippen molar-refractivity contribution in [3.63, 3.8) is 0 Å². The number of fused-ring (bicyclic) bond motifs is 1. The van der Waals surface area contributed by atoms with Gasteiger partial charge in [-0.3, -0.25) is 4.79 Å². The largest absolute Gasteiger partial charge is 0.493 e. The van der Waals surface area contributed by atoms with Crippen LogP contribution in [0.5, 0.6) is 11.5 Å². The predicted molar refractivity (Wildman–Crippen MR) is 137 cm³/mol. The van der Waals surface area contributed by atoms with E-state index in [1.165, 1.54) is 33.5 Å². The monoisotopic (exact) mass is 503 g/mol. The van der Waals surface area contributed by atoms with Crippen molar-refractivity contribution in [3.05, 3.63) is 66.1 Å². The lowest BCUT2D eigenvalue weighted by Crippen LogP contribution is -2.33. The third-order valence-corrected chi connectivity index (χ3v) is 6.93. The summed E-state index contributed by atoms with van der Waals surface area (Å²) in [5, 5.41) is 12.5. The van der Waals surface area contributed by atoms with E-state index in [-0.39, 0.29) is 0 Å². The molecule has 0 radical (unpaired) electrons. The zero-order valence-electron chi connectivity index (χ0n) is 20.8. The number of rotatable bonds is 8. The Morgan fingerprint density at radius 1 is 1.05 bits per heavy atom. The average Bonchev–Trinajstić information content (AvgIpc) is 3.59. The Morgan fingerprint density at radius 3 is 2.51 bits per heavy atom. The summed E-state index contributed by atoms with van der Waals surface area (Å²) >= 11 is 0. The highest BCUT2D eigenvalue weighted by molar-refractivity contribution is 5.99. The number of hydrogen-bond donors (Lipinski definition) is 2. The van der Waals surface area contributed by atoms with Crippen LogP contribution in [0.1, 0.15) is 60.1 Å². The van der Waals surface area contributed by atoms with E-state index in [0.717, 1.165) is 29.7 Å². The lowest BCUT2D eigenvalue weighted by atomic mass is 9.95. The van der Waals surface area contributed by atoms with Crippen LogP contribution in [0.3, 0.4) is 0 Å². The number of carboxylic acid groups (broad SMARTS) is 1. The first-order valence-electron chi connectivity index (χ1n) is 12.3. The Labute approximate surface area is 214 Å². The molecule has 2 N–H and O–H groups in total. The van der Waals surface area contributed by atoms with Gasteiger partial charge in [0.05, 0.1) is 37.1 Å². The second-order valence-electron chi connectivity index (χ2n) is 9.17. The van der Waals surface area contributed by atoms with Crippen LogP contribution in [0.2, 0.25) is 0 Å². The molecule has 1 aliphatic rings. The summed E-state index contributed by atoms with van der Waals surface area (Å²) in [6, 6.07) is 11.0. The highest BCUT2D eigenvalue weighted by Crippen LogP contribution is 2.36. The van der Waals surface area contributed by atoms with Crippen LogP contribution in [-0.2, 0) is 4.79 Å². The summed E-state index contributed by atoms with van der Waals surface area (Å²) in [5.41, 5.74) is 3.18. The number of methoxy groups -OCH3 is 2. The van der Waals surface area contributed by atoms with Crippen LogP contribution in [0, 0.1) is 0 Å². The minimum atomic E-state index is -1.27. The molecule has 192 valence electrons. The maximum absolute atomic E-state index is 13.2. The van der Waals surface area contributed by atoms with E-state index >= 15 is 0 Å². The van der Waals surface area contributed by atoms with Crippen LogP contribution < -0.4 is 14.8 Å². The summed E-state index contributed by atoms with van der Waals surface area (Å²) in [5.74, 6) is -0.0512. The van der Waals surface area contributed by atoms with E-state index in [0.29, 0.717) is 34.2 Å². The number of furan rings is 1. The van der Waals surface area contributed by atoms with Gasteiger partial charge < -0.3 is 28.9 Å². The number of ether oxygens (including phenoxy) is 2. The fraction of sp³-hybridized carbons (Fsp3) is 0.321. The molecule has 0 aliphatic heterocycles. The number of amides is 1. The zero-order chi connectivity index (χ0) is 25.9. The number of imidazole rings is 1. The molecule has 0 spiro atoms. The Morgan fingerprint density at radius 2 is 1.84 bits per heavy atom. The number of hydrogen-bond acceptors (Lipinski definition) is 6. The smallest absolute Gasteiger partial charge is 0.330 e. The van der Waals surface area contributed by atoms with Gasteiger partial charge in [0.1, 0.15) is 12.1 Å². The summed E-state index contributed by atoms with van der Waals surface area (Å²) < 4.78 is 18.1. The van der Waals surface area contributed by atoms with Crippen molar-refractivity contribution in [2.24, 2.45) is 0 Å². The van der Waals surface area contributed by atoms with Crippen LogP contribution in [-0.4, -0.2) is 40.8 Å². The standard InChI is InChI=1S/C28H29N3O6/c1-35-23-11-9-17(15-24(23)36-2)25(28(33)34)30-27(32)18-8-10-22-21(14-18)29-26(19-12-13-37-16-19)31(22)20-6-4-3-5-7-20/h8-16,20,25H,3-7H2,1-2H3,(H,30,32)(H,33,34)/t25-/m0/s1. The van der Waals surface area contributed by atoms with E-state index in [4.69, 9.17) is 18.9 Å². The molecule has 2 aromatic carbocycles. The third-order valence-electron chi connectivity index (χ3n) is 6.93. The minimum Gasteiger partial charge on any atom is -0.493 e. The fourth-order valence-corrected chi connectivity index (χ4v) is 5.08. The average molecular weight is 504 g/mol. The summed E-state index contributed by atoms with van der Waals surface area (Å²) in [6.07, 6.45) is 9.02. The highest BCUT2D eigenvalue weighted by atomic mass is 16.5. The molecule has 1 saturated carbocycles. The number of carboxylic acids is 1. The molecule has 0 unspecified atom stereocenters. The van der Waals surface area contributed by atoms with Crippen molar-refractivity contribution in [3.8, 4) is 22.9 Å². The Balaban J connectivity index is 1.48. The van der Waals surface area contributed by atoms with E-state index in [9.17, 15) is 14.7 Å². The van der Waals surface area contributed by atoms with Gasteiger partial charge in [0.25, 0.3) is 5.91 Å². The van der Waals surface area contributed by atoms with Gasteiger partial charge in [-0.2, -0.15) is 0 Å². The Kier molecular flexibility index (Phi) is 6.85. The molecule has 1 atom stereocenters. The molecular formula is C28H29N3O6. The van der Waals surface area contributed by atoms with Crippen molar-refractivity contribution in [2.45, 2.75) is 44.2 Å². The number of aliphatic carboxylic acids is 1. The van der Waals surface area contributed by atoms with Crippen molar-refractivity contribution in [1.82, 2.24) is 14.9 Å². The van der Waals surface area contributed by atoms with Crippen molar-refractivity contribution < 1.29 is 28.6 Å². The molecule has 1 fully saturated rings. The maximum Gasteiger partial charge on any atom is 0.330 e. The molecule has 9 nitrogen and oxygen atoms in total. The van der Waals surface area contributed by atoms with E-state index < -0.39 is 17.9 Å². The molecule has 0 saturated heterocycles. The van der Waals surface area contributed by atoms with Gasteiger partial charge in [0.15, 0.2) is 17.5 Å². The molecule has 37 heavy (non-hydrogen) atoms. The van der Waals surface area contributed by atoms with E-state index in [2.05, 4.69) is 9.88 Å². The van der Waals surface area contributed by atoms with Crippen LogP contribution in [0.25, 0.3) is 22.4 Å². The molecule has 9 heteroatoms. The van der Waals surface area contributed by atoms with Crippen LogP contribution in [0.4, 0.5) is 0 Å². The lowest BCUT2D eigenvalue weighted by Gasteiger charge is -2.25. The number of nitrogens with one attached hydrogen (secondary N) is 1. The number of aromatic nitrogens is 2. The number of carbonyl (C=O) groups is 2. The van der Waals surface area contributed by atoms with Gasteiger partial charge in [-0.25, -0.2) is 9.78 Å². The summed E-state index contributed by atoms with van der Waals surface area (Å²) in [7, 11) is 2.97. The molecule has 1 aliphatic carbocycles. The van der Waals surface area contributed by atoms with Gasteiger partial charge in [-0.15, -0.1) is 0 Å². The molecule has 5 rings (SSSR count). The van der Waals surface area contributed by atoms with Gasteiger partial charge in [-0.1, -0.05) is 25.3 Å². The van der Waals surface area contributed by atoms with Crippen molar-refractivity contribution >= 4 is 22.9 Å². The number of nitrogens with zero attached hydrogens (tertiary/aromatic N) is 2. The van der Waals surface area contributed by atoms with Crippen molar-refractivity contribution in [2.75, 3.05) is 14.2 Å². The maximum atomic E-state index is 13.2. The minimum absolute atomic E-state index is 0.324. The fourth-order valence-electron chi connectivity index (χ4n) is 5.08. The first kappa shape index (κ1) is 24.4. The molecule has 4 aromatic rings. The first-order chi connectivity index (χ1) is 18.0. The van der Waals surface area contributed by atoms with Gasteiger partial charge in [-0.05, 0) is 54.8 Å². The normalized spacial score (nSPS) is 14.9. The summed E-state index contributed by atoms with van der Waals surface area (Å²) in [6.45, 7) is 0. The van der Waals surface area contributed by atoms with Crippen molar-refractivity contribution in [1.29, 1.82) is 0 Å². The molecule has 1 amide bonds. The third kappa shape index (κ3) is 4.76.